The van der Waals surface area contributed by atoms with Crippen molar-refractivity contribution in [2.75, 3.05) is 33.4 Å². The fraction of sp³-hybridized carbons (Fsp3) is 0.393. The highest BCUT2D eigenvalue weighted by Gasteiger charge is 2.46. The van der Waals surface area contributed by atoms with Crippen molar-refractivity contribution < 1.29 is 19.4 Å². The van der Waals surface area contributed by atoms with Crippen LogP contribution in [0.2, 0.25) is 0 Å². The van der Waals surface area contributed by atoms with Crippen molar-refractivity contribution in [3.05, 3.63) is 60.2 Å². The van der Waals surface area contributed by atoms with Crippen LogP contribution in [0.3, 0.4) is 0 Å². The molecule has 0 aromatic heterocycles. The summed E-state index contributed by atoms with van der Waals surface area (Å²) in [5.41, 5.74) is 3.65. The van der Waals surface area contributed by atoms with E-state index >= 15 is 0 Å². The van der Waals surface area contributed by atoms with Gasteiger partial charge in [0.1, 0.15) is 18.1 Å². The molecule has 0 amide bonds. The van der Waals surface area contributed by atoms with Gasteiger partial charge in [-0.05, 0) is 58.7 Å². The molecule has 0 unspecified atom stereocenters. The van der Waals surface area contributed by atoms with E-state index in [1.807, 2.05) is 36.4 Å². The summed E-state index contributed by atoms with van der Waals surface area (Å²) in [6.45, 7) is 4.01. The number of hydrogen-bond acceptors (Lipinski definition) is 4. The van der Waals surface area contributed by atoms with Crippen LogP contribution in [0.5, 0.6) is 11.5 Å². The Balaban J connectivity index is 1.42. The molecule has 1 N–H and O–H groups in total. The molecule has 1 spiro atoms. The van der Waals surface area contributed by atoms with E-state index in [4.69, 9.17) is 14.6 Å². The first kappa shape index (κ1) is 21.8. The molecule has 0 bridgehead atoms. The number of carboxylic acids is 1. The average Bonchev–Trinajstić information content (AvgIpc) is 2.77. The lowest BCUT2D eigenvalue weighted by Gasteiger charge is -2.56. The molecular formula is C28H31NO4. The maximum atomic E-state index is 11.1. The minimum absolute atomic E-state index is 0.115. The number of nitrogens with zero attached hydrogens (tertiary/aromatic N) is 1. The number of benzene rings is 3. The molecule has 3 aromatic carbocycles. The third kappa shape index (κ3) is 4.30. The zero-order chi connectivity index (χ0) is 22.8. The standard InChI is InChI=1S/C28H31NO4/c1-32-24-10-4-11-25(33-17-16-29-18-28(19-29)14-5-15-28)27(24)23-9-3-7-21-20(12-13-26(30)31)6-2-8-22(21)23/h2-4,6-11H,5,12-19H2,1H3,(H,30,31). The number of methoxy groups -OCH3 is 1. The Hall–Kier alpha value is -3.05. The number of aliphatic carboxylic acids is 1. The van der Waals surface area contributed by atoms with E-state index in [0.717, 1.165) is 45.5 Å². The summed E-state index contributed by atoms with van der Waals surface area (Å²) in [5.74, 6) is 0.805. The van der Waals surface area contributed by atoms with Gasteiger partial charge in [-0.3, -0.25) is 9.69 Å². The van der Waals surface area contributed by atoms with Crippen LogP contribution in [0, 0.1) is 5.41 Å². The Bertz CT molecular complexity index is 1160. The van der Waals surface area contributed by atoms with Gasteiger partial charge < -0.3 is 14.6 Å². The molecule has 1 saturated carbocycles. The molecule has 5 rings (SSSR count). The first-order chi connectivity index (χ1) is 16.1. The Labute approximate surface area is 194 Å². The molecule has 1 heterocycles. The summed E-state index contributed by atoms with van der Waals surface area (Å²) in [4.78, 5) is 13.6. The number of carboxylic acid groups (broad SMARTS) is 1. The number of likely N-dealkylation sites (tertiary alicyclic amines) is 1. The Morgan fingerprint density at radius 2 is 1.73 bits per heavy atom. The van der Waals surface area contributed by atoms with Crippen LogP contribution >= 0.6 is 0 Å². The third-order valence-corrected chi connectivity index (χ3v) is 7.30. The molecule has 5 nitrogen and oxygen atoms in total. The van der Waals surface area contributed by atoms with Crippen molar-refractivity contribution in [1.82, 2.24) is 4.90 Å². The average molecular weight is 446 g/mol. The predicted molar refractivity (Wildman–Crippen MR) is 130 cm³/mol. The Morgan fingerprint density at radius 3 is 2.45 bits per heavy atom. The van der Waals surface area contributed by atoms with E-state index in [1.165, 1.54) is 32.4 Å². The summed E-state index contributed by atoms with van der Waals surface area (Å²) < 4.78 is 12.1. The van der Waals surface area contributed by atoms with Crippen molar-refractivity contribution in [2.24, 2.45) is 5.41 Å². The highest BCUT2D eigenvalue weighted by atomic mass is 16.5. The molecule has 1 aliphatic heterocycles. The molecule has 0 radical (unpaired) electrons. The van der Waals surface area contributed by atoms with E-state index in [9.17, 15) is 4.79 Å². The number of rotatable bonds is 9. The quantitative estimate of drug-likeness (QED) is 0.478. The molecule has 2 aliphatic rings. The predicted octanol–water partition coefficient (Wildman–Crippen LogP) is 5.40. The molecule has 3 aromatic rings. The molecule has 1 aliphatic carbocycles. The van der Waals surface area contributed by atoms with E-state index in [1.54, 1.807) is 7.11 Å². The molecule has 172 valence electrons. The van der Waals surface area contributed by atoms with Gasteiger partial charge in [0.15, 0.2) is 0 Å². The van der Waals surface area contributed by atoms with Crippen LogP contribution in [0.4, 0.5) is 0 Å². The van der Waals surface area contributed by atoms with Crippen molar-refractivity contribution >= 4 is 16.7 Å². The summed E-state index contributed by atoms with van der Waals surface area (Å²) in [6, 6.07) is 18.2. The van der Waals surface area contributed by atoms with Gasteiger partial charge in [0.05, 0.1) is 12.7 Å². The van der Waals surface area contributed by atoms with Gasteiger partial charge in [-0.25, -0.2) is 0 Å². The minimum Gasteiger partial charge on any atom is -0.496 e. The number of hydrogen-bond donors (Lipinski definition) is 1. The number of aryl methyl sites for hydroxylation is 1. The number of carbonyl (C=O) groups is 1. The van der Waals surface area contributed by atoms with Crippen LogP contribution in [0.15, 0.2) is 54.6 Å². The van der Waals surface area contributed by atoms with E-state index in [0.29, 0.717) is 18.4 Å². The second-order valence-corrected chi connectivity index (χ2v) is 9.46. The lowest BCUT2D eigenvalue weighted by atomic mass is 9.63. The number of fused-ring (bicyclic) bond motifs is 1. The Kier molecular flexibility index (Phi) is 5.98. The summed E-state index contributed by atoms with van der Waals surface area (Å²) in [5, 5.41) is 11.3. The topological polar surface area (TPSA) is 59.0 Å². The monoisotopic (exact) mass is 445 g/mol. The van der Waals surface area contributed by atoms with Gasteiger partial charge in [-0.1, -0.05) is 48.9 Å². The maximum Gasteiger partial charge on any atom is 0.303 e. The van der Waals surface area contributed by atoms with Crippen molar-refractivity contribution in [3.8, 4) is 22.6 Å². The summed E-state index contributed by atoms with van der Waals surface area (Å²) >= 11 is 0. The maximum absolute atomic E-state index is 11.1. The normalized spacial score (nSPS) is 16.9. The zero-order valence-corrected chi connectivity index (χ0v) is 19.2. The van der Waals surface area contributed by atoms with Gasteiger partial charge in [0, 0.05) is 26.1 Å². The van der Waals surface area contributed by atoms with Crippen molar-refractivity contribution in [3.63, 3.8) is 0 Å². The lowest BCUT2D eigenvalue weighted by molar-refractivity contribution is -0.136. The smallest absolute Gasteiger partial charge is 0.303 e. The summed E-state index contributed by atoms with van der Waals surface area (Å²) in [6.07, 6.45) is 4.79. The molecule has 2 fully saturated rings. The molecule has 0 atom stereocenters. The minimum atomic E-state index is -0.783. The first-order valence-electron chi connectivity index (χ1n) is 11.8. The Morgan fingerprint density at radius 1 is 1.00 bits per heavy atom. The van der Waals surface area contributed by atoms with E-state index in [-0.39, 0.29) is 6.42 Å². The van der Waals surface area contributed by atoms with Crippen LogP contribution in [-0.4, -0.2) is 49.3 Å². The van der Waals surface area contributed by atoms with Gasteiger partial charge in [0.2, 0.25) is 0 Å². The van der Waals surface area contributed by atoms with Gasteiger partial charge >= 0.3 is 5.97 Å². The van der Waals surface area contributed by atoms with Crippen LogP contribution < -0.4 is 9.47 Å². The van der Waals surface area contributed by atoms with E-state index < -0.39 is 5.97 Å². The SMILES string of the molecule is COc1cccc(OCCN2CC3(CCC3)C2)c1-c1cccc2c(CCC(=O)O)cccc12. The lowest BCUT2D eigenvalue weighted by Crippen LogP contribution is -2.60. The van der Waals surface area contributed by atoms with Crippen LogP contribution in [0.25, 0.3) is 21.9 Å². The molecule has 5 heteroatoms. The van der Waals surface area contributed by atoms with Crippen molar-refractivity contribution in [2.45, 2.75) is 32.1 Å². The first-order valence-corrected chi connectivity index (χ1v) is 11.8. The molecule has 1 saturated heterocycles. The third-order valence-electron chi connectivity index (χ3n) is 7.30. The fourth-order valence-corrected chi connectivity index (χ4v) is 5.46. The number of ether oxygens (including phenoxy) is 2. The van der Waals surface area contributed by atoms with Gasteiger partial charge in [0.25, 0.3) is 0 Å². The van der Waals surface area contributed by atoms with Gasteiger partial charge in [-0.2, -0.15) is 0 Å². The summed E-state index contributed by atoms with van der Waals surface area (Å²) in [7, 11) is 1.68. The highest BCUT2D eigenvalue weighted by molar-refractivity contribution is 6.01. The van der Waals surface area contributed by atoms with Crippen molar-refractivity contribution in [1.29, 1.82) is 0 Å². The van der Waals surface area contributed by atoms with Gasteiger partial charge in [-0.15, -0.1) is 0 Å². The highest BCUT2D eigenvalue weighted by Crippen LogP contribution is 2.48. The largest absolute Gasteiger partial charge is 0.496 e. The zero-order valence-electron chi connectivity index (χ0n) is 19.2. The van der Waals surface area contributed by atoms with E-state index in [2.05, 4.69) is 23.1 Å². The van der Waals surface area contributed by atoms with Crippen LogP contribution in [0.1, 0.15) is 31.2 Å². The van der Waals surface area contributed by atoms with Crippen LogP contribution in [-0.2, 0) is 11.2 Å². The molecular weight excluding hydrogens is 414 g/mol. The molecule has 33 heavy (non-hydrogen) atoms. The second kappa shape index (κ2) is 9.06. The fourth-order valence-electron chi connectivity index (χ4n) is 5.46. The second-order valence-electron chi connectivity index (χ2n) is 9.46.